The Kier molecular flexibility index (Phi) is 4.56. The molecule has 0 fully saturated rings. The molecule has 6 heteroatoms. The molecule has 0 unspecified atom stereocenters. The SMILES string of the molecule is Cc1cccc(CNS(=O)(=O)c2cc(N)c(Cl)cc2C)c1. The van der Waals surface area contributed by atoms with Gasteiger partial charge in [-0.15, -0.1) is 0 Å². The Balaban J connectivity index is 2.25. The van der Waals surface area contributed by atoms with Crippen LogP contribution in [0.4, 0.5) is 5.69 Å². The van der Waals surface area contributed by atoms with Crippen molar-refractivity contribution < 1.29 is 8.42 Å². The van der Waals surface area contributed by atoms with Crippen molar-refractivity contribution in [3.63, 3.8) is 0 Å². The molecule has 2 aromatic carbocycles. The molecule has 0 saturated heterocycles. The molecule has 0 aliphatic rings. The van der Waals surface area contributed by atoms with Crippen LogP contribution in [0.3, 0.4) is 0 Å². The van der Waals surface area contributed by atoms with Crippen LogP contribution in [0, 0.1) is 13.8 Å². The van der Waals surface area contributed by atoms with Gasteiger partial charge in [0.25, 0.3) is 0 Å². The maximum Gasteiger partial charge on any atom is 0.241 e. The van der Waals surface area contributed by atoms with E-state index >= 15 is 0 Å². The van der Waals surface area contributed by atoms with Gasteiger partial charge in [-0.05, 0) is 37.1 Å². The zero-order chi connectivity index (χ0) is 15.6. The molecule has 0 saturated carbocycles. The van der Waals surface area contributed by atoms with E-state index in [1.807, 2.05) is 31.2 Å². The lowest BCUT2D eigenvalue weighted by Gasteiger charge is -2.11. The van der Waals surface area contributed by atoms with Gasteiger partial charge in [0.1, 0.15) is 0 Å². The number of nitrogens with two attached hydrogens (primary N) is 1. The Hall–Kier alpha value is -1.56. The van der Waals surface area contributed by atoms with Crippen LogP contribution < -0.4 is 10.5 Å². The highest BCUT2D eigenvalue weighted by atomic mass is 35.5. The first kappa shape index (κ1) is 15.8. The maximum atomic E-state index is 12.4. The van der Waals surface area contributed by atoms with Gasteiger partial charge in [-0.3, -0.25) is 0 Å². The average Bonchev–Trinajstić information content (AvgIpc) is 2.41. The molecular formula is C15H17ClN2O2S. The summed E-state index contributed by atoms with van der Waals surface area (Å²) < 4.78 is 27.3. The Morgan fingerprint density at radius 2 is 1.90 bits per heavy atom. The van der Waals surface area contributed by atoms with E-state index in [4.69, 9.17) is 17.3 Å². The second kappa shape index (κ2) is 6.05. The first-order chi connectivity index (χ1) is 9.79. The predicted molar refractivity (Wildman–Crippen MR) is 85.8 cm³/mol. The second-order valence-corrected chi connectivity index (χ2v) is 7.10. The molecule has 0 aliphatic carbocycles. The van der Waals surface area contributed by atoms with Crippen molar-refractivity contribution in [1.29, 1.82) is 0 Å². The largest absolute Gasteiger partial charge is 0.397 e. The maximum absolute atomic E-state index is 12.4. The van der Waals surface area contributed by atoms with Gasteiger partial charge in [0.2, 0.25) is 10.0 Å². The molecule has 0 bridgehead atoms. The van der Waals surface area contributed by atoms with E-state index in [2.05, 4.69) is 4.72 Å². The lowest BCUT2D eigenvalue weighted by molar-refractivity contribution is 0.580. The fraction of sp³-hybridized carbons (Fsp3) is 0.200. The van der Waals surface area contributed by atoms with Gasteiger partial charge in [0.05, 0.1) is 15.6 Å². The molecule has 0 heterocycles. The highest BCUT2D eigenvalue weighted by Crippen LogP contribution is 2.26. The minimum atomic E-state index is -3.63. The van der Waals surface area contributed by atoms with Crippen molar-refractivity contribution in [2.24, 2.45) is 0 Å². The minimum absolute atomic E-state index is 0.150. The van der Waals surface area contributed by atoms with Crippen molar-refractivity contribution in [3.05, 3.63) is 58.1 Å². The van der Waals surface area contributed by atoms with Crippen LogP contribution in [0.15, 0.2) is 41.3 Å². The molecule has 0 radical (unpaired) electrons. The average molecular weight is 325 g/mol. The topological polar surface area (TPSA) is 72.2 Å². The Morgan fingerprint density at radius 3 is 2.57 bits per heavy atom. The third-order valence-electron chi connectivity index (χ3n) is 3.13. The number of sulfonamides is 1. The Labute approximate surface area is 130 Å². The lowest BCUT2D eigenvalue weighted by atomic mass is 10.1. The molecule has 3 N–H and O–H groups in total. The van der Waals surface area contributed by atoms with E-state index in [0.29, 0.717) is 10.6 Å². The van der Waals surface area contributed by atoms with E-state index in [0.717, 1.165) is 11.1 Å². The van der Waals surface area contributed by atoms with Crippen LogP contribution >= 0.6 is 11.6 Å². The van der Waals surface area contributed by atoms with Gasteiger partial charge in [-0.25, -0.2) is 13.1 Å². The van der Waals surface area contributed by atoms with E-state index in [1.165, 1.54) is 6.07 Å². The monoisotopic (exact) mass is 324 g/mol. The van der Waals surface area contributed by atoms with E-state index < -0.39 is 10.0 Å². The molecular weight excluding hydrogens is 308 g/mol. The van der Waals surface area contributed by atoms with E-state index in [1.54, 1.807) is 13.0 Å². The smallest absolute Gasteiger partial charge is 0.241 e. The highest BCUT2D eigenvalue weighted by molar-refractivity contribution is 7.89. The number of anilines is 1. The number of nitrogen functional groups attached to an aromatic ring is 1. The van der Waals surface area contributed by atoms with Crippen LogP contribution in [0.25, 0.3) is 0 Å². The predicted octanol–water partition coefficient (Wildman–Crippen LogP) is 3.02. The number of hydrogen-bond donors (Lipinski definition) is 2. The third-order valence-corrected chi connectivity index (χ3v) is 5.00. The highest BCUT2D eigenvalue weighted by Gasteiger charge is 2.18. The first-order valence-electron chi connectivity index (χ1n) is 6.40. The Bertz CT molecular complexity index is 773. The molecule has 0 amide bonds. The van der Waals surface area contributed by atoms with Gasteiger partial charge in [0.15, 0.2) is 0 Å². The summed E-state index contributed by atoms with van der Waals surface area (Å²) in [5, 5.41) is 0.352. The number of benzene rings is 2. The summed E-state index contributed by atoms with van der Waals surface area (Å²) >= 11 is 5.89. The van der Waals surface area contributed by atoms with Crippen molar-refractivity contribution in [2.45, 2.75) is 25.3 Å². The molecule has 0 aromatic heterocycles. The van der Waals surface area contributed by atoms with Crippen molar-refractivity contribution in [3.8, 4) is 0 Å². The van der Waals surface area contributed by atoms with Crippen LogP contribution in [-0.2, 0) is 16.6 Å². The number of rotatable bonds is 4. The fourth-order valence-corrected chi connectivity index (χ4v) is 3.53. The Morgan fingerprint density at radius 1 is 1.19 bits per heavy atom. The third kappa shape index (κ3) is 3.75. The summed E-state index contributed by atoms with van der Waals surface area (Å²) in [5.41, 5.74) is 8.48. The number of nitrogens with one attached hydrogen (secondary N) is 1. The molecule has 112 valence electrons. The second-order valence-electron chi connectivity index (χ2n) is 4.95. The molecule has 2 rings (SSSR count). The summed E-state index contributed by atoms with van der Waals surface area (Å²) in [6, 6.07) is 10.6. The summed E-state index contributed by atoms with van der Waals surface area (Å²) in [7, 11) is -3.63. The summed E-state index contributed by atoms with van der Waals surface area (Å²) in [6.07, 6.45) is 0. The van der Waals surface area contributed by atoms with E-state index in [-0.39, 0.29) is 17.1 Å². The summed E-state index contributed by atoms with van der Waals surface area (Å²) in [4.78, 5) is 0.150. The van der Waals surface area contributed by atoms with Gasteiger partial charge < -0.3 is 5.73 Å². The van der Waals surface area contributed by atoms with Crippen molar-refractivity contribution >= 4 is 27.3 Å². The molecule has 0 atom stereocenters. The van der Waals surface area contributed by atoms with Crippen molar-refractivity contribution in [2.75, 3.05) is 5.73 Å². The summed E-state index contributed by atoms with van der Waals surface area (Å²) in [5.74, 6) is 0. The zero-order valence-electron chi connectivity index (χ0n) is 11.9. The van der Waals surface area contributed by atoms with Crippen LogP contribution in [0.2, 0.25) is 5.02 Å². The van der Waals surface area contributed by atoms with Crippen LogP contribution in [0.5, 0.6) is 0 Å². The van der Waals surface area contributed by atoms with Gasteiger partial charge in [-0.2, -0.15) is 0 Å². The van der Waals surface area contributed by atoms with Gasteiger partial charge in [0, 0.05) is 6.54 Å². The molecule has 0 spiro atoms. The normalized spacial score (nSPS) is 11.6. The van der Waals surface area contributed by atoms with Crippen molar-refractivity contribution in [1.82, 2.24) is 4.72 Å². The number of hydrogen-bond acceptors (Lipinski definition) is 3. The molecule has 0 aliphatic heterocycles. The lowest BCUT2D eigenvalue weighted by Crippen LogP contribution is -2.24. The fourth-order valence-electron chi connectivity index (χ4n) is 2.04. The van der Waals surface area contributed by atoms with E-state index in [9.17, 15) is 8.42 Å². The van der Waals surface area contributed by atoms with Crippen LogP contribution in [-0.4, -0.2) is 8.42 Å². The number of halogens is 1. The van der Waals surface area contributed by atoms with Crippen LogP contribution in [0.1, 0.15) is 16.7 Å². The van der Waals surface area contributed by atoms with Gasteiger partial charge >= 0.3 is 0 Å². The first-order valence-corrected chi connectivity index (χ1v) is 8.26. The molecule has 21 heavy (non-hydrogen) atoms. The standard InChI is InChI=1S/C15H17ClN2O2S/c1-10-4-3-5-12(6-10)9-18-21(19,20)15-8-14(17)13(16)7-11(15)2/h3-8,18H,9,17H2,1-2H3. The molecule has 2 aromatic rings. The minimum Gasteiger partial charge on any atom is -0.397 e. The number of aryl methyl sites for hydroxylation is 2. The zero-order valence-corrected chi connectivity index (χ0v) is 13.4. The molecule has 4 nitrogen and oxygen atoms in total. The van der Waals surface area contributed by atoms with Gasteiger partial charge in [-0.1, -0.05) is 41.4 Å². The quantitative estimate of drug-likeness (QED) is 0.849. The summed E-state index contributed by atoms with van der Waals surface area (Å²) in [6.45, 7) is 3.88.